The minimum absolute atomic E-state index is 0.0358. The highest BCUT2D eigenvalue weighted by molar-refractivity contribution is 4.90. The molecule has 2 heterocycles. The standard InChI is InChI=1S/C16H29NO3/c17-12-13-3-1-2-4-15(13)20-14-5-8-19-16(11-14)6-9-18-10-7-16/h13-15H,1-12,17H2. The lowest BCUT2D eigenvalue weighted by molar-refractivity contribution is -0.185. The highest BCUT2D eigenvalue weighted by atomic mass is 16.5. The van der Waals surface area contributed by atoms with Crippen molar-refractivity contribution in [2.45, 2.75) is 69.2 Å². The molecular weight excluding hydrogens is 254 g/mol. The highest BCUT2D eigenvalue weighted by Crippen LogP contribution is 2.37. The summed E-state index contributed by atoms with van der Waals surface area (Å²) < 4.78 is 18.0. The monoisotopic (exact) mass is 283 g/mol. The molecule has 3 atom stereocenters. The number of hydrogen-bond acceptors (Lipinski definition) is 4. The molecule has 2 aliphatic heterocycles. The lowest BCUT2D eigenvalue weighted by atomic mass is 9.83. The molecule has 4 nitrogen and oxygen atoms in total. The van der Waals surface area contributed by atoms with Crippen LogP contribution >= 0.6 is 0 Å². The Bertz CT molecular complexity index is 299. The molecule has 0 radical (unpaired) electrons. The molecular formula is C16H29NO3. The minimum Gasteiger partial charge on any atom is -0.381 e. The first-order valence-electron chi connectivity index (χ1n) is 8.39. The second-order valence-corrected chi connectivity index (χ2v) is 6.71. The van der Waals surface area contributed by atoms with Crippen LogP contribution in [0.4, 0.5) is 0 Å². The van der Waals surface area contributed by atoms with Crippen LogP contribution < -0.4 is 5.73 Å². The van der Waals surface area contributed by atoms with E-state index in [4.69, 9.17) is 19.9 Å². The van der Waals surface area contributed by atoms with Crippen molar-refractivity contribution in [3.63, 3.8) is 0 Å². The van der Waals surface area contributed by atoms with Gasteiger partial charge in [0.1, 0.15) is 0 Å². The van der Waals surface area contributed by atoms with Gasteiger partial charge in [-0.25, -0.2) is 0 Å². The number of rotatable bonds is 3. The van der Waals surface area contributed by atoms with Crippen molar-refractivity contribution < 1.29 is 14.2 Å². The van der Waals surface area contributed by atoms with Crippen molar-refractivity contribution in [2.75, 3.05) is 26.4 Å². The molecule has 0 aromatic carbocycles. The molecule has 1 saturated carbocycles. The van der Waals surface area contributed by atoms with E-state index in [0.717, 1.165) is 52.0 Å². The molecule has 3 aliphatic rings. The van der Waals surface area contributed by atoms with Crippen LogP contribution in [-0.2, 0) is 14.2 Å². The summed E-state index contributed by atoms with van der Waals surface area (Å²) in [6.07, 6.45) is 9.92. The average Bonchev–Trinajstić information content (AvgIpc) is 2.49. The van der Waals surface area contributed by atoms with Crippen LogP contribution in [0.2, 0.25) is 0 Å². The quantitative estimate of drug-likeness (QED) is 0.863. The number of ether oxygens (including phenoxy) is 3. The SMILES string of the molecule is NCC1CCCCC1OC1CCOC2(CCOCC2)C1. The van der Waals surface area contributed by atoms with Crippen LogP contribution in [0.15, 0.2) is 0 Å². The Morgan fingerprint density at radius 3 is 2.65 bits per heavy atom. The third kappa shape index (κ3) is 3.35. The van der Waals surface area contributed by atoms with E-state index in [0.29, 0.717) is 18.1 Å². The van der Waals surface area contributed by atoms with Gasteiger partial charge in [-0.3, -0.25) is 0 Å². The Morgan fingerprint density at radius 2 is 1.85 bits per heavy atom. The third-order valence-electron chi connectivity index (χ3n) is 5.36. The average molecular weight is 283 g/mol. The lowest BCUT2D eigenvalue weighted by Gasteiger charge is -2.44. The van der Waals surface area contributed by atoms with Crippen LogP contribution in [0.1, 0.15) is 51.4 Å². The molecule has 0 amide bonds. The maximum Gasteiger partial charge on any atom is 0.0751 e. The molecule has 3 fully saturated rings. The highest BCUT2D eigenvalue weighted by Gasteiger charge is 2.40. The molecule has 2 N–H and O–H groups in total. The molecule has 20 heavy (non-hydrogen) atoms. The fourth-order valence-electron chi connectivity index (χ4n) is 4.06. The minimum atomic E-state index is 0.0358. The zero-order valence-electron chi connectivity index (χ0n) is 12.5. The van der Waals surface area contributed by atoms with E-state index in [1.807, 2.05) is 0 Å². The summed E-state index contributed by atoms with van der Waals surface area (Å²) in [7, 11) is 0. The third-order valence-corrected chi connectivity index (χ3v) is 5.36. The van der Waals surface area contributed by atoms with E-state index in [1.54, 1.807) is 0 Å². The summed E-state index contributed by atoms with van der Waals surface area (Å²) in [6.45, 7) is 3.28. The summed E-state index contributed by atoms with van der Waals surface area (Å²) in [4.78, 5) is 0. The fraction of sp³-hybridized carbons (Fsp3) is 1.00. The molecule has 0 aromatic heterocycles. The van der Waals surface area contributed by atoms with Crippen molar-refractivity contribution in [3.8, 4) is 0 Å². The maximum absolute atomic E-state index is 6.46. The first-order valence-corrected chi connectivity index (χ1v) is 8.39. The number of hydrogen-bond donors (Lipinski definition) is 1. The Labute approximate surface area is 122 Å². The molecule has 4 heteroatoms. The Kier molecular flexibility index (Phi) is 4.97. The van der Waals surface area contributed by atoms with Crippen molar-refractivity contribution in [2.24, 2.45) is 11.7 Å². The number of nitrogens with two attached hydrogens (primary N) is 1. The molecule has 1 spiro atoms. The molecule has 3 unspecified atom stereocenters. The molecule has 0 aromatic rings. The van der Waals surface area contributed by atoms with Gasteiger partial charge in [0.25, 0.3) is 0 Å². The summed E-state index contributed by atoms with van der Waals surface area (Å²) in [5, 5.41) is 0. The predicted octanol–water partition coefficient (Wildman–Crippen LogP) is 2.25. The van der Waals surface area contributed by atoms with Crippen molar-refractivity contribution in [1.29, 1.82) is 0 Å². The zero-order valence-corrected chi connectivity index (χ0v) is 12.5. The predicted molar refractivity (Wildman–Crippen MR) is 77.6 cm³/mol. The second-order valence-electron chi connectivity index (χ2n) is 6.71. The topological polar surface area (TPSA) is 53.7 Å². The van der Waals surface area contributed by atoms with E-state index in [9.17, 15) is 0 Å². The summed E-state index contributed by atoms with van der Waals surface area (Å²) >= 11 is 0. The van der Waals surface area contributed by atoms with Gasteiger partial charge in [-0.2, -0.15) is 0 Å². The van der Waals surface area contributed by atoms with Crippen LogP contribution in [0, 0.1) is 5.92 Å². The zero-order chi connectivity index (χ0) is 13.8. The van der Waals surface area contributed by atoms with Gasteiger partial charge < -0.3 is 19.9 Å². The van der Waals surface area contributed by atoms with Gasteiger partial charge in [0.2, 0.25) is 0 Å². The molecule has 116 valence electrons. The smallest absolute Gasteiger partial charge is 0.0751 e. The van der Waals surface area contributed by atoms with Crippen molar-refractivity contribution in [1.82, 2.24) is 0 Å². The van der Waals surface area contributed by atoms with E-state index in [-0.39, 0.29) is 5.60 Å². The second kappa shape index (κ2) is 6.73. The van der Waals surface area contributed by atoms with Gasteiger partial charge in [0.05, 0.1) is 17.8 Å². The normalized spacial score (nSPS) is 38.0. The van der Waals surface area contributed by atoms with Gasteiger partial charge in [-0.15, -0.1) is 0 Å². The van der Waals surface area contributed by atoms with Crippen LogP contribution in [0.5, 0.6) is 0 Å². The van der Waals surface area contributed by atoms with Crippen molar-refractivity contribution >= 4 is 0 Å². The largest absolute Gasteiger partial charge is 0.381 e. The summed E-state index contributed by atoms with van der Waals surface area (Å²) in [5.74, 6) is 0.567. The van der Waals surface area contributed by atoms with E-state index < -0.39 is 0 Å². The van der Waals surface area contributed by atoms with Gasteiger partial charge in [-0.05, 0) is 44.6 Å². The lowest BCUT2D eigenvalue weighted by Crippen LogP contribution is -2.48. The Morgan fingerprint density at radius 1 is 1.05 bits per heavy atom. The van der Waals surface area contributed by atoms with Crippen LogP contribution in [0.3, 0.4) is 0 Å². The Hall–Kier alpha value is -0.160. The van der Waals surface area contributed by atoms with Crippen LogP contribution in [0.25, 0.3) is 0 Å². The molecule has 0 bridgehead atoms. The Balaban J connectivity index is 1.56. The first-order chi connectivity index (χ1) is 9.81. The van der Waals surface area contributed by atoms with E-state index in [1.165, 1.54) is 25.7 Å². The van der Waals surface area contributed by atoms with Gasteiger partial charge in [0, 0.05) is 26.2 Å². The molecule has 1 aliphatic carbocycles. The maximum atomic E-state index is 6.46. The summed E-state index contributed by atoms with van der Waals surface area (Å²) in [6, 6.07) is 0. The van der Waals surface area contributed by atoms with Crippen molar-refractivity contribution in [3.05, 3.63) is 0 Å². The van der Waals surface area contributed by atoms with Gasteiger partial charge >= 0.3 is 0 Å². The van der Waals surface area contributed by atoms with Crippen LogP contribution in [-0.4, -0.2) is 44.2 Å². The molecule has 3 rings (SSSR count). The van der Waals surface area contributed by atoms with Gasteiger partial charge in [0.15, 0.2) is 0 Å². The fourth-order valence-corrected chi connectivity index (χ4v) is 4.06. The van der Waals surface area contributed by atoms with E-state index >= 15 is 0 Å². The first kappa shape index (κ1) is 14.8. The molecule has 2 saturated heterocycles. The van der Waals surface area contributed by atoms with E-state index in [2.05, 4.69) is 0 Å². The van der Waals surface area contributed by atoms with Gasteiger partial charge in [-0.1, -0.05) is 12.8 Å². The summed E-state index contributed by atoms with van der Waals surface area (Å²) in [5.41, 5.74) is 5.95.